The number of aromatic amines is 1. The Kier molecular flexibility index (Phi) is 4.31. The van der Waals surface area contributed by atoms with Crippen molar-refractivity contribution < 1.29 is 13.2 Å². The number of rotatable bonds is 4. The largest absolute Gasteiger partial charge is 0.497 e. The monoisotopic (exact) mass is 349 g/mol. The number of aromatic nitrogens is 2. The minimum atomic E-state index is -3.05. The zero-order valence-electron chi connectivity index (χ0n) is 13.5. The van der Waals surface area contributed by atoms with Crippen LogP contribution in [0.3, 0.4) is 0 Å². The lowest BCUT2D eigenvalue weighted by Gasteiger charge is -2.07. The van der Waals surface area contributed by atoms with Crippen LogP contribution in [0.2, 0.25) is 0 Å². The Morgan fingerprint density at radius 3 is 2.88 bits per heavy atom. The van der Waals surface area contributed by atoms with Crippen molar-refractivity contribution >= 4 is 21.7 Å². The van der Waals surface area contributed by atoms with Crippen molar-refractivity contribution in [2.24, 2.45) is 4.99 Å². The highest BCUT2D eigenvalue weighted by Crippen LogP contribution is 2.22. The summed E-state index contributed by atoms with van der Waals surface area (Å²) in [7, 11) is -1.48. The number of aryl methyl sites for hydroxylation is 1. The molecule has 1 fully saturated rings. The molecule has 0 spiro atoms. The fourth-order valence-electron chi connectivity index (χ4n) is 2.80. The first-order valence-corrected chi connectivity index (χ1v) is 9.41. The van der Waals surface area contributed by atoms with Gasteiger partial charge in [-0.25, -0.2) is 13.1 Å². The third-order valence-electron chi connectivity index (χ3n) is 4.11. The van der Waals surface area contributed by atoms with Gasteiger partial charge in [-0.3, -0.25) is 14.9 Å². The maximum atomic E-state index is 12.6. The van der Waals surface area contributed by atoms with Crippen LogP contribution in [0.25, 0.3) is 0 Å². The standard InChI is InChI=1S/C16H19N3O4S/c1-11-15(9-17-12-4-3-5-14(8-12)23-2)16(20)19(18-11)13-6-7-24(21,22)10-13/h3-5,8-9,13,18H,6-7,10H2,1-2H3. The van der Waals surface area contributed by atoms with Crippen molar-refractivity contribution in [2.75, 3.05) is 18.6 Å². The van der Waals surface area contributed by atoms with Crippen LogP contribution in [0, 0.1) is 6.92 Å². The number of nitrogens with zero attached hydrogens (tertiary/aromatic N) is 2. The predicted octanol–water partition coefficient (Wildman–Crippen LogP) is 1.60. The van der Waals surface area contributed by atoms with Gasteiger partial charge in [0, 0.05) is 18.0 Å². The molecule has 1 aromatic heterocycles. The highest BCUT2D eigenvalue weighted by Gasteiger charge is 2.31. The molecule has 7 nitrogen and oxygen atoms in total. The molecule has 2 heterocycles. The fraction of sp³-hybridized carbons (Fsp3) is 0.375. The SMILES string of the molecule is COc1cccc(N=Cc2c(C)[nH]n(C3CCS(=O)(=O)C3)c2=O)c1. The highest BCUT2D eigenvalue weighted by molar-refractivity contribution is 7.91. The molecule has 2 aromatic rings. The van der Waals surface area contributed by atoms with Crippen LogP contribution in [0.4, 0.5) is 5.69 Å². The van der Waals surface area contributed by atoms with Gasteiger partial charge in [0.25, 0.3) is 5.56 Å². The van der Waals surface area contributed by atoms with E-state index in [0.29, 0.717) is 29.1 Å². The molecule has 0 aliphatic carbocycles. The van der Waals surface area contributed by atoms with Crippen LogP contribution < -0.4 is 10.3 Å². The van der Waals surface area contributed by atoms with E-state index in [-0.39, 0.29) is 23.1 Å². The molecule has 3 rings (SSSR count). The molecule has 1 aliphatic rings. The van der Waals surface area contributed by atoms with Crippen LogP contribution in [0.5, 0.6) is 5.75 Å². The van der Waals surface area contributed by atoms with Crippen LogP contribution in [0.1, 0.15) is 23.7 Å². The van der Waals surface area contributed by atoms with E-state index in [1.54, 1.807) is 20.1 Å². The van der Waals surface area contributed by atoms with Crippen LogP contribution in [0.15, 0.2) is 34.1 Å². The first-order valence-electron chi connectivity index (χ1n) is 7.59. The topological polar surface area (TPSA) is 93.5 Å². The Bertz CT molecular complexity index is 940. The molecule has 128 valence electrons. The maximum absolute atomic E-state index is 12.6. The second-order valence-corrected chi connectivity index (χ2v) is 8.07. The number of ether oxygens (including phenoxy) is 1. The summed E-state index contributed by atoms with van der Waals surface area (Å²) in [5, 5.41) is 2.98. The molecule has 0 bridgehead atoms. The number of benzene rings is 1. The zero-order chi connectivity index (χ0) is 17.3. The minimum Gasteiger partial charge on any atom is -0.497 e. The van der Waals surface area contributed by atoms with E-state index in [2.05, 4.69) is 10.1 Å². The highest BCUT2D eigenvalue weighted by atomic mass is 32.2. The van der Waals surface area contributed by atoms with E-state index >= 15 is 0 Å². The lowest BCUT2D eigenvalue weighted by Crippen LogP contribution is -2.25. The Morgan fingerprint density at radius 2 is 2.21 bits per heavy atom. The fourth-order valence-corrected chi connectivity index (χ4v) is 4.50. The van der Waals surface area contributed by atoms with Gasteiger partial charge in [0.2, 0.25) is 0 Å². The van der Waals surface area contributed by atoms with Gasteiger partial charge in [0.1, 0.15) is 5.75 Å². The molecular weight excluding hydrogens is 330 g/mol. The quantitative estimate of drug-likeness (QED) is 0.849. The summed E-state index contributed by atoms with van der Waals surface area (Å²) >= 11 is 0. The number of H-pyrrole nitrogens is 1. The van der Waals surface area contributed by atoms with E-state index in [1.807, 2.05) is 18.2 Å². The van der Waals surface area contributed by atoms with Crippen LogP contribution in [-0.4, -0.2) is 43.0 Å². The van der Waals surface area contributed by atoms with E-state index in [4.69, 9.17) is 4.74 Å². The molecule has 1 aromatic carbocycles. The van der Waals surface area contributed by atoms with Gasteiger partial charge >= 0.3 is 0 Å². The Labute approximate surface area is 139 Å². The van der Waals surface area contributed by atoms with Gasteiger partial charge in [0.15, 0.2) is 9.84 Å². The average Bonchev–Trinajstić information content (AvgIpc) is 3.05. The molecule has 1 unspecified atom stereocenters. The van der Waals surface area contributed by atoms with Gasteiger partial charge < -0.3 is 4.74 Å². The van der Waals surface area contributed by atoms with Crippen LogP contribution >= 0.6 is 0 Å². The normalized spacial score (nSPS) is 19.8. The Balaban J connectivity index is 1.89. The Hall–Kier alpha value is -2.35. The van der Waals surface area contributed by atoms with Crippen LogP contribution in [-0.2, 0) is 9.84 Å². The number of methoxy groups -OCH3 is 1. The predicted molar refractivity (Wildman–Crippen MR) is 92.3 cm³/mol. The Morgan fingerprint density at radius 1 is 1.42 bits per heavy atom. The summed E-state index contributed by atoms with van der Waals surface area (Å²) in [6.07, 6.45) is 1.96. The molecular formula is C16H19N3O4S. The summed E-state index contributed by atoms with van der Waals surface area (Å²) < 4.78 is 29.8. The van der Waals surface area contributed by atoms with E-state index in [0.717, 1.165) is 0 Å². The van der Waals surface area contributed by atoms with Gasteiger partial charge in [-0.15, -0.1) is 0 Å². The van der Waals surface area contributed by atoms with Crippen molar-refractivity contribution in [3.8, 4) is 5.75 Å². The second-order valence-electron chi connectivity index (χ2n) is 5.84. The average molecular weight is 349 g/mol. The van der Waals surface area contributed by atoms with E-state index in [1.165, 1.54) is 10.9 Å². The number of nitrogens with one attached hydrogen (secondary N) is 1. The first kappa shape index (κ1) is 16.5. The molecule has 1 saturated heterocycles. The molecule has 24 heavy (non-hydrogen) atoms. The smallest absolute Gasteiger partial charge is 0.275 e. The number of hydrogen-bond acceptors (Lipinski definition) is 5. The summed E-state index contributed by atoms with van der Waals surface area (Å²) in [5.74, 6) is 0.804. The van der Waals surface area contributed by atoms with Crippen molar-refractivity contribution in [3.63, 3.8) is 0 Å². The molecule has 0 saturated carbocycles. The molecule has 1 N–H and O–H groups in total. The van der Waals surface area contributed by atoms with Gasteiger partial charge in [0.05, 0.1) is 35.9 Å². The van der Waals surface area contributed by atoms with Gasteiger partial charge in [-0.05, 0) is 25.5 Å². The van der Waals surface area contributed by atoms with Crippen molar-refractivity contribution in [2.45, 2.75) is 19.4 Å². The van der Waals surface area contributed by atoms with Crippen molar-refractivity contribution in [1.82, 2.24) is 9.78 Å². The van der Waals surface area contributed by atoms with Crippen molar-refractivity contribution in [3.05, 3.63) is 45.9 Å². The molecule has 1 atom stereocenters. The molecule has 0 amide bonds. The number of aliphatic imine (C=N–C) groups is 1. The lowest BCUT2D eigenvalue weighted by molar-refractivity contribution is 0.415. The molecule has 8 heteroatoms. The number of hydrogen-bond donors (Lipinski definition) is 1. The zero-order valence-corrected chi connectivity index (χ0v) is 14.3. The first-order chi connectivity index (χ1) is 11.4. The summed E-state index contributed by atoms with van der Waals surface area (Å²) in [6, 6.07) is 6.87. The van der Waals surface area contributed by atoms with Gasteiger partial charge in [-0.2, -0.15) is 0 Å². The van der Waals surface area contributed by atoms with Gasteiger partial charge in [-0.1, -0.05) is 6.07 Å². The third kappa shape index (κ3) is 3.28. The summed E-state index contributed by atoms with van der Waals surface area (Å²) in [6.45, 7) is 1.77. The third-order valence-corrected chi connectivity index (χ3v) is 5.86. The summed E-state index contributed by atoms with van der Waals surface area (Å²) in [5.41, 5.74) is 1.52. The molecule has 1 aliphatic heterocycles. The molecule has 0 radical (unpaired) electrons. The van der Waals surface area contributed by atoms with E-state index < -0.39 is 9.84 Å². The van der Waals surface area contributed by atoms with E-state index in [9.17, 15) is 13.2 Å². The number of sulfone groups is 1. The van der Waals surface area contributed by atoms with Crippen molar-refractivity contribution in [1.29, 1.82) is 0 Å². The minimum absolute atomic E-state index is 0.000668. The summed E-state index contributed by atoms with van der Waals surface area (Å²) in [4.78, 5) is 16.9. The lowest BCUT2D eigenvalue weighted by atomic mass is 10.2. The second kappa shape index (κ2) is 6.27. The maximum Gasteiger partial charge on any atom is 0.275 e.